The van der Waals surface area contributed by atoms with Gasteiger partial charge in [0.2, 0.25) is 0 Å². The summed E-state index contributed by atoms with van der Waals surface area (Å²) in [5.74, 6) is 0.248. The number of hydrogen-bond donors (Lipinski definition) is 1. The van der Waals surface area contributed by atoms with Crippen molar-refractivity contribution in [1.82, 2.24) is 4.90 Å². The molecule has 84 valence electrons. The highest BCUT2D eigenvalue weighted by Gasteiger charge is 2.67. The minimum atomic E-state index is -0.894. The number of Topliss-reactive ketones (excluding diaryl/α,β-unsaturated/α-hetero) is 1. The molecule has 0 radical (unpaired) electrons. The lowest BCUT2D eigenvalue weighted by Crippen LogP contribution is -2.70. The summed E-state index contributed by atoms with van der Waals surface area (Å²) in [5, 5.41) is 8.96. The zero-order valence-corrected chi connectivity index (χ0v) is 9.41. The first-order chi connectivity index (χ1) is 6.80. The molecule has 0 aromatic rings. The molecule has 2 atom stereocenters. The largest absolute Gasteiger partial charge is 0.465 e. The van der Waals surface area contributed by atoms with Crippen molar-refractivity contribution in [2.45, 2.75) is 39.7 Å². The van der Waals surface area contributed by atoms with Gasteiger partial charge in [0.15, 0.2) is 0 Å². The third-order valence-electron chi connectivity index (χ3n) is 4.09. The van der Waals surface area contributed by atoms with E-state index >= 15 is 0 Å². The molecule has 1 heterocycles. The molecule has 0 spiro atoms. The summed E-state index contributed by atoms with van der Waals surface area (Å²) in [6.45, 7) is 6.47. The van der Waals surface area contributed by atoms with Gasteiger partial charge in [-0.25, -0.2) is 4.79 Å². The van der Waals surface area contributed by atoms with E-state index in [1.54, 1.807) is 0 Å². The van der Waals surface area contributed by atoms with Gasteiger partial charge in [-0.3, -0.25) is 4.79 Å². The molecule has 2 rings (SSSR count). The number of fused-ring (bicyclic) bond motifs is 1. The van der Waals surface area contributed by atoms with Crippen molar-refractivity contribution in [3.05, 3.63) is 0 Å². The number of rotatable bonds is 0. The van der Waals surface area contributed by atoms with Crippen LogP contribution in [0.15, 0.2) is 0 Å². The minimum Gasteiger partial charge on any atom is -0.465 e. The number of ketones is 1. The summed E-state index contributed by atoms with van der Waals surface area (Å²) in [4.78, 5) is 24.3. The Hall–Kier alpha value is -1.06. The van der Waals surface area contributed by atoms with Crippen LogP contribution in [0.4, 0.5) is 4.79 Å². The van der Waals surface area contributed by atoms with Crippen LogP contribution < -0.4 is 0 Å². The molecule has 1 saturated carbocycles. The Labute approximate surface area is 89.3 Å². The van der Waals surface area contributed by atoms with Crippen LogP contribution in [0, 0.1) is 10.8 Å². The van der Waals surface area contributed by atoms with E-state index in [-0.39, 0.29) is 17.2 Å². The van der Waals surface area contributed by atoms with Crippen LogP contribution in [-0.4, -0.2) is 34.5 Å². The van der Waals surface area contributed by atoms with Crippen molar-refractivity contribution in [2.75, 3.05) is 6.54 Å². The summed E-state index contributed by atoms with van der Waals surface area (Å²) < 4.78 is 0. The summed E-state index contributed by atoms with van der Waals surface area (Å²) in [7, 11) is 0. The van der Waals surface area contributed by atoms with E-state index in [1.165, 1.54) is 4.90 Å². The average Bonchev–Trinajstić information content (AvgIpc) is 2.21. The Kier molecular flexibility index (Phi) is 1.91. The van der Waals surface area contributed by atoms with Gasteiger partial charge in [0.1, 0.15) is 5.78 Å². The maximum atomic E-state index is 12.0. The summed E-state index contributed by atoms with van der Waals surface area (Å²) in [6.07, 6.45) is 0.336. The lowest BCUT2D eigenvalue weighted by atomic mass is 9.57. The Morgan fingerprint density at radius 2 is 2.13 bits per heavy atom. The quantitative estimate of drug-likeness (QED) is 0.664. The van der Waals surface area contributed by atoms with Crippen molar-refractivity contribution < 1.29 is 14.7 Å². The molecule has 4 heteroatoms. The second-order valence-corrected chi connectivity index (χ2v) is 5.61. The van der Waals surface area contributed by atoms with E-state index in [0.29, 0.717) is 19.4 Å². The molecular weight excluding hydrogens is 194 g/mol. The van der Waals surface area contributed by atoms with Gasteiger partial charge in [-0.1, -0.05) is 20.8 Å². The third kappa shape index (κ3) is 1.08. The van der Waals surface area contributed by atoms with Gasteiger partial charge >= 0.3 is 6.09 Å². The predicted octanol–water partition coefficient (Wildman–Crippen LogP) is 1.74. The van der Waals surface area contributed by atoms with Crippen LogP contribution in [0.5, 0.6) is 0 Å². The van der Waals surface area contributed by atoms with E-state index in [1.807, 2.05) is 20.8 Å². The van der Waals surface area contributed by atoms with Crippen LogP contribution >= 0.6 is 0 Å². The van der Waals surface area contributed by atoms with Gasteiger partial charge in [-0.2, -0.15) is 0 Å². The van der Waals surface area contributed by atoms with Crippen molar-refractivity contribution in [1.29, 1.82) is 0 Å². The molecule has 0 bridgehead atoms. The number of amides is 1. The molecule has 2 unspecified atom stereocenters. The molecule has 1 N–H and O–H groups in total. The maximum Gasteiger partial charge on any atom is 0.407 e. The zero-order valence-electron chi connectivity index (χ0n) is 9.41. The predicted molar refractivity (Wildman–Crippen MR) is 54.6 cm³/mol. The fourth-order valence-corrected chi connectivity index (χ4v) is 3.16. The van der Waals surface area contributed by atoms with E-state index < -0.39 is 11.5 Å². The fourth-order valence-electron chi connectivity index (χ4n) is 3.16. The Bertz CT molecular complexity index is 331. The van der Waals surface area contributed by atoms with E-state index in [2.05, 4.69) is 0 Å². The number of hydrogen-bond acceptors (Lipinski definition) is 2. The highest BCUT2D eigenvalue weighted by Crippen LogP contribution is 2.57. The lowest BCUT2D eigenvalue weighted by Gasteiger charge is -2.58. The highest BCUT2D eigenvalue weighted by molar-refractivity contribution is 5.92. The highest BCUT2D eigenvalue weighted by atomic mass is 16.4. The molecule has 1 aliphatic carbocycles. The van der Waals surface area contributed by atoms with Crippen LogP contribution in [0.3, 0.4) is 0 Å². The second-order valence-electron chi connectivity index (χ2n) is 5.61. The Morgan fingerprint density at radius 3 is 2.60 bits per heavy atom. The van der Waals surface area contributed by atoms with Crippen molar-refractivity contribution >= 4 is 11.9 Å². The number of carbonyl (C=O) groups is 2. The van der Waals surface area contributed by atoms with Crippen molar-refractivity contribution in [3.63, 3.8) is 0 Å². The Morgan fingerprint density at radius 1 is 1.53 bits per heavy atom. The van der Waals surface area contributed by atoms with Gasteiger partial charge in [-0.05, 0) is 11.8 Å². The van der Waals surface area contributed by atoms with E-state index in [0.717, 1.165) is 0 Å². The lowest BCUT2D eigenvalue weighted by molar-refractivity contribution is -0.152. The molecule has 2 aliphatic rings. The van der Waals surface area contributed by atoms with Gasteiger partial charge in [0.25, 0.3) is 0 Å². The van der Waals surface area contributed by atoms with Crippen LogP contribution in [-0.2, 0) is 4.79 Å². The van der Waals surface area contributed by atoms with Gasteiger partial charge in [0, 0.05) is 13.0 Å². The topological polar surface area (TPSA) is 57.6 Å². The number of carboxylic acid groups (broad SMARTS) is 1. The smallest absolute Gasteiger partial charge is 0.407 e. The van der Waals surface area contributed by atoms with Crippen LogP contribution in [0.1, 0.15) is 33.6 Å². The Balaban J connectivity index is 2.33. The molecule has 1 aliphatic heterocycles. The molecular formula is C11H17NO3. The zero-order chi connectivity index (χ0) is 11.4. The molecule has 4 nitrogen and oxygen atoms in total. The standard InChI is InChI=1S/C11H17NO3/c1-10(2,3)11-6-12(9(14)15)7(11)4-5-8(11)13/h7H,4-6H2,1-3H3,(H,14,15). The third-order valence-corrected chi connectivity index (χ3v) is 4.09. The van der Waals surface area contributed by atoms with Crippen molar-refractivity contribution in [2.24, 2.45) is 10.8 Å². The molecule has 0 aromatic carbocycles. The first kappa shape index (κ1) is 10.5. The summed E-state index contributed by atoms with van der Waals surface area (Å²) in [6, 6.07) is -0.0810. The average molecular weight is 211 g/mol. The molecule has 1 amide bonds. The van der Waals surface area contributed by atoms with Crippen molar-refractivity contribution in [3.8, 4) is 0 Å². The van der Waals surface area contributed by atoms with Gasteiger partial charge in [-0.15, -0.1) is 0 Å². The number of likely N-dealkylation sites (tertiary alicyclic amines) is 1. The van der Waals surface area contributed by atoms with E-state index in [4.69, 9.17) is 5.11 Å². The summed E-state index contributed by atoms with van der Waals surface area (Å²) in [5.41, 5.74) is -0.553. The summed E-state index contributed by atoms with van der Waals surface area (Å²) >= 11 is 0. The second kappa shape index (κ2) is 2.74. The van der Waals surface area contributed by atoms with Gasteiger partial charge < -0.3 is 10.0 Å². The SMILES string of the molecule is CC(C)(C)C12CN(C(=O)O)C1CCC2=O. The first-order valence-corrected chi connectivity index (χ1v) is 5.33. The molecule has 2 fully saturated rings. The normalized spacial score (nSPS) is 35.0. The van der Waals surface area contributed by atoms with E-state index in [9.17, 15) is 9.59 Å². The number of carbonyl (C=O) groups excluding carboxylic acids is 1. The minimum absolute atomic E-state index is 0.0810. The maximum absolute atomic E-state index is 12.0. The first-order valence-electron chi connectivity index (χ1n) is 5.33. The van der Waals surface area contributed by atoms with Crippen LogP contribution in [0.25, 0.3) is 0 Å². The molecule has 1 saturated heterocycles. The van der Waals surface area contributed by atoms with Crippen LogP contribution in [0.2, 0.25) is 0 Å². The fraction of sp³-hybridized carbons (Fsp3) is 0.818. The molecule has 0 aromatic heterocycles. The monoisotopic (exact) mass is 211 g/mol. The van der Waals surface area contributed by atoms with Gasteiger partial charge in [0.05, 0.1) is 11.5 Å². The number of nitrogens with zero attached hydrogens (tertiary/aromatic N) is 1. The molecule has 15 heavy (non-hydrogen) atoms.